The molecule has 1 aromatic carbocycles. The van der Waals surface area contributed by atoms with Crippen LogP contribution in [-0.2, 0) is 16.6 Å². The Hall–Kier alpha value is -2.70. The van der Waals surface area contributed by atoms with Crippen LogP contribution in [0.15, 0.2) is 40.5 Å². The number of anilines is 1. The van der Waals surface area contributed by atoms with Crippen LogP contribution in [0.5, 0.6) is 0 Å². The number of fused-ring (bicyclic) bond motifs is 1. The topological polar surface area (TPSA) is 145 Å². The summed E-state index contributed by atoms with van der Waals surface area (Å²) < 4.78 is 24.4. The van der Waals surface area contributed by atoms with E-state index in [2.05, 4.69) is 25.7 Å². The summed E-state index contributed by atoms with van der Waals surface area (Å²) in [7, 11) is -3.79. The number of aromatic nitrogens is 4. The van der Waals surface area contributed by atoms with Gasteiger partial charge in [0.1, 0.15) is 5.82 Å². The van der Waals surface area contributed by atoms with E-state index in [9.17, 15) is 13.2 Å². The van der Waals surface area contributed by atoms with Crippen molar-refractivity contribution in [3.63, 3.8) is 0 Å². The van der Waals surface area contributed by atoms with Crippen LogP contribution >= 0.6 is 11.8 Å². The first kappa shape index (κ1) is 23.0. The van der Waals surface area contributed by atoms with Crippen molar-refractivity contribution in [2.75, 3.05) is 17.6 Å². The molecule has 0 saturated carbocycles. The number of thioether (sulfide) groups is 1. The Morgan fingerprint density at radius 1 is 1.23 bits per heavy atom. The van der Waals surface area contributed by atoms with Gasteiger partial charge in [0.2, 0.25) is 10.0 Å². The average Bonchev–Trinajstić information content (AvgIpc) is 3.10. The molecule has 3 aromatic rings. The summed E-state index contributed by atoms with van der Waals surface area (Å²) >= 11 is 1.55. The number of nitrogens with zero attached hydrogens (tertiary/aromatic N) is 4. The Morgan fingerprint density at radius 2 is 1.94 bits per heavy atom. The minimum Gasteiger partial charge on any atom is -0.367 e. The first-order valence-corrected chi connectivity index (χ1v) is 12.3. The van der Waals surface area contributed by atoms with Crippen LogP contribution < -0.4 is 15.8 Å². The smallest absolute Gasteiger partial charge is 0.251 e. The third-order valence-electron chi connectivity index (χ3n) is 4.23. The number of carbonyl (C=O) groups is 1. The highest BCUT2D eigenvalue weighted by Crippen LogP contribution is 2.24. The van der Waals surface area contributed by atoms with E-state index in [-0.39, 0.29) is 16.8 Å². The van der Waals surface area contributed by atoms with E-state index in [1.54, 1.807) is 22.6 Å². The van der Waals surface area contributed by atoms with E-state index in [0.717, 1.165) is 17.0 Å². The Kier molecular flexibility index (Phi) is 7.13. The van der Waals surface area contributed by atoms with Gasteiger partial charge in [-0.3, -0.25) is 4.79 Å². The maximum Gasteiger partial charge on any atom is 0.251 e. The number of hydrogen-bond acceptors (Lipinski definition) is 8. The fourth-order valence-corrected chi connectivity index (χ4v) is 3.93. The lowest BCUT2D eigenvalue weighted by molar-refractivity contribution is 0.0952. The van der Waals surface area contributed by atoms with Crippen molar-refractivity contribution in [3.8, 4) is 0 Å². The van der Waals surface area contributed by atoms with Crippen LogP contribution in [0.1, 0.15) is 31.1 Å². The van der Waals surface area contributed by atoms with Gasteiger partial charge < -0.3 is 10.6 Å². The van der Waals surface area contributed by atoms with E-state index in [0.29, 0.717) is 29.5 Å². The van der Waals surface area contributed by atoms with E-state index in [4.69, 9.17) is 5.14 Å². The number of amides is 1. The molecular formula is C19H25N7O3S2. The fraction of sp³-hybridized carbons (Fsp3) is 0.368. The van der Waals surface area contributed by atoms with E-state index < -0.39 is 10.0 Å². The number of sulfonamides is 1. The van der Waals surface area contributed by atoms with Gasteiger partial charge in [0, 0.05) is 18.2 Å². The van der Waals surface area contributed by atoms with Gasteiger partial charge in [-0.15, -0.1) is 0 Å². The second kappa shape index (κ2) is 9.62. The molecule has 4 N–H and O–H groups in total. The average molecular weight is 464 g/mol. The molecule has 1 amide bonds. The first-order chi connectivity index (χ1) is 14.7. The van der Waals surface area contributed by atoms with Gasteiger partial charge in [0.15, 0.2) is 10.8 Å². The fourth-order valence-electron chi connectivity index (χ4n) is 2.85. The molecule has 0 aliphatic heterocycles. The summed E-state index contributed by atoms with van der Waals surface area (Å²) in [5.41, 5.74) is 1.03. The molecular weight excluding hydrogens is 438 g/mol. The zero-order valence-corrected chi connectivity index (χ0v) is 19.1. The Balaban J connectivity index is 1.72. The molecule has 0 spiro atoms. The second-order valence-corrected chi connectivity index (χ2v) is 9.81. The highest BCUT2D eigenvalue weighted by molar-refractivity contribution is 7.99. The molecule has 12 heteroatoms. The number of nitrogens with one attached hydrogen (secondary N) is 2. The first-order valence-electron chi connectivity index (χ1n) is 9.73. The molecule has 0 fully saturated rings. The van der Waals surface area contributed by atoms with Crippen LogP contribution in [-0.4, -0.2) is 52.4 Å². The van der Waals surface area contributed by atoms with Crippen molar-refractivity contribution < 1.29 is 13.2 Å². The van der Waals surface area contributed by atoms with Gasteiger partial charge in [-0.1, -0.05) is 18.7 Å². The molecule has 0 atom stereocenters. The van der Waals surface area contributed by atoms with Crippen molar-refractivity contribution in [3.05, 3.63) is 36.0 Å². The zero-order valence-electron chi connectivity index (χ0n) is 17.5. The van der Waals surface area contributed by atoms with Crippen molar-refractivity contribution in [2.45, 2.75) is 43.4 Å². The normalized spacial score (nSPS) is 11.8. The van der Waals surface area contributed by atoms with E-state index in [1.807, 2.05) is 20.8 Å². The zero-order chi connectivity index (χ0) is 22.6. The number of hydrogen-bond donors (Lipinski definition) is 3. The van der Waals surface area contributed by atoms with Gasteiger partial charge in [-0.25, -0.2) is 28.2 Å². The van der Waals surface area contributed by atoms with Crippen LogP contribution in [0.2, 0.25) is 0 Å². The van der Waals surface area contributed by atoms with Crippen LogP contribution in [0, 0.1) is 0 Å². The van der Waals surface area contributed by atoms with Crippen molar-refractivity contribution in [1.29, 1.82) is 0 Å². The molecule has 166 valence electrons. The highest BCUT2D eigenvalue weighted by Gasteiger charge is 2.15. The summed E-state index contributed by atoms with van der Waals surface area (Å²) in [6.45, 7) is 6.85. The summed E-state index contributed by atoms with van der Waals surface area (Å²) in [6, 6.07) is 5.66. The lowest BCUT2D eigenvalue weighted by Crippen LogP contribution is -2.27. The number of carbonyl (C=O) groups excluding carboxylic acids is 1. The number of nitrogens with two attached hydrogens (primary N) is 1. The minimum absolute atomic E-state index is 0.0432. The Morgan fingerprint density at radius 3 is 2.55 bits per heavy atom. The quantitative estimate of drug-likeness (QED) is 0.322. The van der Waals surface area contributed by atoms with Crippen molar-refractivity contribution >= 4 is 44.5 Å². The van der Waals surface area contributed by atoms with Gasteiger partial charge in [0.25, 0.3) is 5.91 Å². The van der Waals surface area contributed by atoms with Crippen LogP contribution in [0.3, 0.4) is 0 Å². The number of primary sulfonamides is 1. The molecule has 0 aliphatic carbocycles. The lowest BCUT2D eigenvalue weighted by Gasteiger charge is -2.12. The largest absolute Gasteiger partial charge is 0.367 e. The van der Waals surface area contributed by atoms with Gasteiger partial charge in [-0.2, -0.15) is 5.10 Å². The highest BCUT2D eigenvalue weighted by atomic mass is 32.2. The Bertz CT molecular complexity index is 1180. The lowest BCUT2D eigenvalue weighted by atomic mass is 10.2. The summed E-state index contributed by atoms with van der Waals surface area (Å²) in [6.07, 6.45) is 1.72. The third kappa shape index (κ3) is 5.71. The molecule has 0 bridgehead atoms. The summed E-state index contributed by atoms with van der Waals surface area (Å²) in [4.78, 5) is 21.5. The predicted molar refractivity (Wildman–Crippen MR) is 121 cm³/mol. The predicted octanol–water partition coefficient (Wildman–Crippen LogP) is 1.84. The molecule has 2 aromatic heterocycles. The SMILES string of the molecule is CCSc1nc(NC(C)C)c2cnn(CCNC(=O)c3ccc(S(N)(=O)=O)cc3)c2n1. The Labute approximate surface area is 185 Å². The maximum atomic E-state index is 12.4. The second-order valence-electron chi connectivity index (χ2n) is 7.02. The number of rotatable bonds is 9. The molecule has 3 rings (SSSR count). The standard InChI is InChI=1S/C19H25N7O3S2/c1-4-30-19-24-16(23-12(2)3)15-11-22-26(17(15)25-19)10-9-21-18(27)13-5-7-14(8-6-13)31(20,28)29/h5-8,11-12H,4,9-10H2,1-3H3,(H,21,27)(H2,20,28,29)(H,23,24,25). The number of benzene rings is 1. The van der Waals surface area contributed by atoms with E-state index in [1.165, 1.54) is 24.3 Å². The van der Waals surface area contributed by atoms with E-state index >= 15 is 0 Å². The third-order valence-corrected chi connectivity index (χ3v) is 5.89. The molecule has 31 heavy (non-hydrogen) atoms. The molecule has 0 saturated heterocycles. The van der Waals surface area contributed by atoms with Gasteiger partial charge in [0.05, 0.1) is 23.0 Å². The molecule has 0 aliphatic rings. The van der Waals surface area contributed by atoms with Crippen molar-refractivity contribution in [2.24, 2.45) is 5.14 Å². The molecule has 0 radical (unpaired) electrons. The minimum atomic E-state index is -3.79. The van der Waals surface area contributed by atoms with Gasteiger partial charge >= 0.3 is 0 Å². The van der Waals surface area contributed by atoms with Crippen LogP contribution in [0.4, 0.5) is 5.82 Å². The molecule has 2 heterocycles. The molecule has 10 nitrogen and oxygen atoms in total. The molecule has 0 unspecified atom stereocenters. The van der Waals surface area contributed by atoms with Crippen LogP contribution in [0.25, 0.3) is 11.0 Å². The summed E-state index contributed by atoms with van der Waals surface area (Å²) in [5, 5.41) is 17.1. The summed E-state index contributed by atoms with van der Waals surface area (Å²) in [5.74, 6) is 1.26. The van der Waals surface area contributed by atoms with Crippen molar-refractivity contribution in [1.82, 2.24) is 25.1 Å². The monoisotopic (exact) mass is 463 g/mol. The maximum absolute atomic E-state index is 12.4. The van der Waals surface area contributed by atoms with Gasteiger partial charge in [-0.05, 0) is 43.9 Å².